The second-order valence-electron chi connectivity index (χ2n) is 19.0. The van der Waals surface area contributed by atoms with Crippen LogP contribution in [0.4, 0.5) is 17.1 Å². The van der Waals surface area contributed by atoms with Gasteiger partial charge in [0.15, 0.2) is 0 Å². The minimum absolute atomic E-state index is 0.675. The Morgan fingerprint density at radius 3 is 1.46 bits per heavy atom. The molecule has 2 heteroatoms. The van der Waals surface area contributed by atoms with Gasteiger partial charge in [-0.2, -0.15) is 0 Å². The van der Waals surface area contributed by atoms with Crippen molar-refractivity contribution in [3.63, 3.8) is 0 Å². The molecule has 1 heterocycles. The van der Waals surface area contributed by atoms with E-state index in [1.165, 1.54) is 77.2 Å². The van der Waals surface area contributed by atoms with Gasteiger partial charge in [-0.25, -0.2) is 0 Å². The molecule has 330 valence electrons. The van der Waals surface area contributed by atoms with Gasteiger partial charge in [-0.05, 0) is 136 Å². The topological polar surface area (TPSA) is 12.5 Å². The van der Waals surface area contributed by atoms with Crippen molar-refractivity contribution in [2.45, 2.75) is 5.41 Å². The summed E-state index contributed by atoms with van der Waals surface area (Å²) in [4.78, 5) is 2.47. The van der Waals surface area contributed by atoms with Crippen LogP contribution in [-0.4, -0.2) is 0 Å². The average molecular weight is 902 g/mol. The van der Waals surface area contributed by atoms with Crippen molar-refractivity contribution in [2.24, 2.45) is 0 Å². The van der Waals surface area contributed by atoms with Gasteiger partial charge < -0.3 is 9.64 Å². The molecule has 0 fully saturated rings. The molecule has 2 aliphatic carbocycles. The van der Waals surface area contributed by atoms with Crippen molar-refractivity contribution < 1.29 is 4.74 Å². The van der Waals surface area contributed by atoms with Gasteiger partial charge >= 0.3 is 0 Å². The Morgan fingerprint density at radius 2 is 0.732 bits per heavy atom. The Labute approximate surface area is 413 Å². The number of rotatable bonds is 4. The summed E-state index contributed by atoms with van der Waals surface area (Å²) < 4.78 is 6.83. The first-order valence-corrected chi connectivity index (χ1v) is 24.6. The summed E-state index contributed by atoms with van der Waals surface area (Å²) in [5, 5.41) is 5.11. The first-order chi connectivity index (χ1) is 35.3. The van der Waals surface area contributed by atoms with Crippen LogP contribution in [0.3, 0.4) is 0 Å². The predicted octanol–water partition coefficient (Wildman–Crippen LogP) is 18.6. The van der Waals surface area contributed by atoms with E-state index in [9.17, 15) is 0 Å². The normalized spacial score (nSPS) is 14.4. The SMILES string of the molecule is c1ccc(-c2ccccc2N(c2ccc3c(c2)-c2ccccc2-c2ccccc2O3)c2ccc3c(c2)-c2ccccc2-c2ccccc2C32c3ccccc3-c3c2c2ccccc2c2ccccc32)cc1. The van der Waals surface area contributed by atoms with E-state index in [1.54, 1.807) is 0 Å². The average Bonchev–Trinajstić information content (AvgIpc) is 3.61. The summed E-state index contributed by atoms with van der Waals surface area (Å²) in [5.74, 6) is 1.68. The van der Waals surface area contributed by atoms with E-state index in [-0.39, 0.29) is 0 Å². The Hall–Kier alpha value is -9.24. The molecule has 71 heavy (non-hydrogen) atoms. The minimum atomic E-state index is -0.675. The fourth-order valence-corrected chi connectivity index (χ4v) is 12.7. The van der Waals surface area contributed by atoms with E-state index < -0.39 is 5.41 Å². The highest BCUT2D eigenvalue weighted by Crippen LogP contribution is 2.65. The molecule has 1 unspecified atom stereocenters. The van der Waals surface area contributed by atoms with Crippen LogP contribution in [0.5, 0.6) is 11.5 Å². The second-order valence-corrected chi connectivity index (χ2v) is 19.0. The number of hydrogen-bond donors (Lipinski definition) is 0. The molecule has 1 aliphatic heterocycles. The first kappa shape index (κ1) is 39.7. The van der Waals surface area contributed by atoms with Crippen LogP contribution in [0, 0.1) is 0 Å². The molecule has 0 saturated carbocycles. The van der Waals surface area contributed by atoms with Crippen molar-refractivity contribution >= 4 is 38.6 Å². The third kappa shape index (κ3) is 5.65. The van der Waals surface area contributed by atoms with Crippen molar-refractivity contribution in [3.8, 4) is 78.3 Å². The molecular formula is C69H43NO. The summed E-state index contributed by atoms with van der Waals surface area (Å²) in [6, 6.07) is 96.4. The molecule has 12 aromatic carbocycles. The van der Waals surface area contributed by atoms with E-state index in [0.29, 0.717) is 0 Å². The summed E-state index contributed by atoms with van der Waals surface area (Å²) in [7, 11) is 0. The van der Waals surface area contributed by atoms with Gasteiger partial charge in [0.2, 0.25) is 0 Å². The Balaban J connectivity index is 1.06. The number of ether oxygens (including phenoxy) is 1. The molecule has 0 N–H and O–H groups in total. The van der Waals surface area contributed by atoms with E-state index in [0.717, 1.165) is 61.9 Å². The van der Waals surface area contributed by atoms with Gasteiger partial charge in [-0.15, -0.1) is 0 Å². The molecule has 12 aromatic rings. The lowest BCUT2D eigenvalue weighted by Crippen LogP contribution is -2.29. The fraction of sp³-hybridized carbons (Fsp3) is 0.0145. The highest BCUT2D eigenvalue weighted by molar-refractivity contribution is 6.20. The number of fused-ring (bicyclic) bond motifs is 22. The van der Waals surface area contributed by atoms with Crippen molar-refractivity contribution in [1.82, 2.24) is 0 Å². The number of benzene rings is 12. The molecule has 3 aliphatic rings. The number of anilines is 3. The fourth-order valence-electron chi connectivity index (χ4n) is 12.7. The van der Waals surface area contributed by atoms with Gasteiger partial charge in [-0.3, -0.25) is 0 Å². The summed E-state index contributed by atoms with van der Waals surface area (Å²) >= 11 is 0. The van der Waals surface area contributed by atoms with Crippen molar-refractivity contribution in [3.05, 3.63) is 283 Å². The number of para-hydroxylation sites is 2. The van der Waals surface area contributed by atoms with Gasteiger partial charge in [0, 0.05) is 28.1 Å². The van der Waals surface area contributed by atoms with Crippen LogP contribution < -0.4 is 9.64 Å². The van der Waals surface area contributed by atoms with Gasteiger partial charge in [-0.1, -0.05) is 218 Å². The Morgan fingerprint density at radius 1 is 0.282 bits per heavy atom. The molecule has 0 radical (unpaired) electrons. The predicted molar refractivity (Wildman–Crippen MR) is 294 cm³/mol. The maximum Gasteiger partial charge on any atom is 0.135 e. The standard InChI is InChI=1S/C69H43NO/c1-2-20-44(21-3-1)47-22-14-18-36-64(47)70(46-39-41-66-60(43-46)53-28-7-5-24-49(53)55-30-15-19-37-65(55)71-66)45-38-40-63-59(42-45)52-27-6-4-23-48(52)54-29-12-16-34-61(54)69(63)62-35-17-13-33-58(62)67-56-31-10-8-25-50(56)51-26-9-11-32-57(51)68(67)69/h1-43H. The molecule has 15 rings (SSSR count). The van der Waals surface area contributed by atoms with Crippen LogP contribution >= 0.6 is 0 Å². The van der Waals surface area contributed by atoms with Crippen molar-refractivity contribution in [1.29, 1.82) is 0 Å². The maximum absolute atomic E-state index is 6.83. The van der Waals surface area contributed by atoms with Gasteiger partial charge in [0.05, 0.1) is 11.1 Å². The molecule has 0 bridgehead atoms. The quantitative estimate of drug-likeness (QED) is 0.163. The van der Waals surface area contributed by atoms with E-state index in [2.05, 4.69) is 266 Å². The lowest BCUT2D eigenvalue weighted by molar-refractivity contribution is 0.488. The molecular weight excluding hydrogens is 859 g/mol. The zero-order chi connectivity index (χ0) is 46.6. The molecule has 0 saturated heterocycles. The monoisotopic (exact) mass is 901 g/mol. The molecule has 2 nitrogen and oxygen atoms in total. The van der Waals surface area contributed by atoms with E-state index in [4.69, 9.17) is 4.74 Å². The van der Waals surface area contributed by atoms with Gasteiger partial charge in [0.1, 0.15) is 11.5 Å². The third-order valence-corrected chi connectivity index (χ3v) is 15.5. The molecule has 1 spiro atoms. The second kappa shape index (κ2) is 15.4. The smallest absolute Gasteiger partial charge is 0.135 e. The van der Waals surface area contributed by atoms with E-state index in [1.807, 2.05) is 0 Å². The molecule has 1 atom stereocenters. The summed E-state index contributed by atoms with van der Waals surface area (Å²) in [6.07, 6.45) is 0. The van der Waals surface area contributed by atoms with E-state index >= 15 is 0 Å². The van der Waals surface area contributed by atoms with Gasteiger partial charge in [0.25, 0.3) is 0 Å². The largest absolute Gasteiger partial charge is 0.456 e. The lowest BCUT2D eigenvalue weighted by atomic mass is 9.64. The van der Waals surface area contributed by atoms with Crippen LogP contribution in [0.1, 0.15) is 22.3 Å². The maximum atomic E-state index is 6.83. The Bertz CT molecular complexity index is 4170. The summed E-state index contributed by atoms with van der Waals surface area (Å²) in [5.41, 5.74) is 21.9. The number of nitrogens with zero attached hydrogens (tertiary/aromatic N) is 1. The molecule has 0 amide bonds. The van der Waals surface area contributed by atoms with Crippen LogP contribution in [0.2, 0.25) is 0 Å². The first-order valence-electron chi connectivity index (χ1n) is 24.6. The Kier molecular flexibility index (Phi) is 8.61. The highest BCUT2D eigenvalue weighted by atomic mass is 16.5. The van der Waals surface area contributed by atoms with Crippen molar-refractivity contribution in [2.75, 3.05) is 4.90 Å². The molecule has 0 aromatic heterocycles. The lowest BCUT2D eigenvalue weighted by Gasteiger charge is -2.37. The highest BCUT2D eigenvalue weighted by Gasteiger charge is 2.51. The minimum Gasteiger partial charge on any atom is -0.456 e. The van der Waals surface area contributed by atoms with Crippen LogP contribution in [-0.2, 0) is 5.41 Å². The van der Waals surface area contributed by atoms with Crippen LogP contribution in [0.15, 0.2) is 261 Å². The zero-order valence-corrected chi connectivity index (χ0v) is 38.7. The van der Waals surface area contributed by atoms with Crippen LogP contribution in [0.25, 0.3) is 88.3 Å². The summed E-state index contributed by atoms with van der Waals surface area (Å²) in [6.45, 7) is 0. The number of hydrogen-bond acceptors (Lipinski definition) is 2. The zero-order valence-electron chi connectivity index (χ0n) is 38.7. The third-order valence-electron chi connectivity index (χ3n) is 15.5.